The molecule has 274 valence electrons. The summed E-state index contributed by atoms with van der Waals surface area (Å²) in [6.07, 6.45) is -4.36. The van der Waals surface area contributed by atoms with Gasteiger partial charge in [-0.3, -0.25) is 9.59 Å². The van der Waals surface area contributed by atoms with E-state index in [1.807, 2.05) is 20.8 Å². The molecule has 0 unspecified atom stereocenters. The fourth-order valence-corrected chi connectivity index (χ4v) is 16.3. The first-order valence-electron chi connectivity index (χ1n) is 18.0. The molecule has 10 nitrogen and oxygen atoms in total. The minimum Gasteiger partial charge on any atom is -0.450 e. The van der Waals surface area contributed by atoms with Crippen LogP contribution in [0.1, 0.15) is 89.0 Å². The van der Waals surface area contributed by atoms with E-state index in [9.17, 15) is 19.8 Å². The molecule has 2 N–H and O–H groups in total. The minimum atomic E-state index is -2.39. The highest BCUT2D eigenvalue weighted by Gasteiger charge is 2.78. The number of Topliss-reactive ketones (excluding diaryl/α,β-unsaturated/α-hetero) is 1. The van der Waals surface area contributed by atoms with E-state index in [4.69, 9.17) is 23.1 Å². The van der Waals surface area contributed by atoms with Gasteiger partial charge in [0.1, 0.15) is 5.60 Å². The summed E-state index contributed by atoms with van der Waals surface area (Å²) in [4.78, 5) is 41.4. The largest absolute Gasteiger partial charge is 0.509 e. The maximum atomic E-state index is 15.6. The molecule has 48 heavy (non-hydrogen) atoms. The van der Waals surface area contributed by atoms with Crippen LogP contribution in [0.2, 0.25) is 36.3 Å². The molecule has 3 fully saturated rings. The van der Waals surface area contributed by atoms with E-state index in [0.29, 0.717) is 5.57 Å². The van der Waals surface area contributed by atoms with Crippen LogP contribution in [0.15, 0.2) is 11.1 Å². The third kappa shape index (κ3) is 5.73. The molecule has 2 saturated carbocycles. The van der Waals surface area contributed by atoms with Crippen molar-refractivity contribution >= 4 is 50.5 Å². The molecule has 1 saturated heterocycles. The zero-order valence-electron chi connectivity index (χ0n) is 30.9. The Kier molecular flexibility index (Phi) is 11.4. The highest BCUT2D eigenvalue weighted by molar-refractivity contribution is 9.09. The van der Waals surface area contributed by atoms with Gasteiger partial charge in [-0.25, -0.2) is 4.79 Å². The summed E-state index contributed by atoms with van der Waals surface area (Å²) < 4.78 is 32.9. The first-order chi connectivity index (χ1) is 22.3. The van der Waals surface area contributed by atoms with E-state index >= 15 is 4.79 Å². The van der Waals surface area contributed by atoms with Crippen LogP contribution in [0.25, 0.3) is 0 Å². The van der Waals surface area contributed by atoms with Crippen LogP contribution in [0, 0.1) is 16.7 Å². The lowest BCUT2D eigenvalue weighted by Crippen LogP contribution is -2.77. The second kappa shape index (κ2) is 13.8. The van der Waals surface area contributed by atoms with Crippen LogP contribution in [0.5, 0.6) is 0 Å². The number of carbonyl (C=O) groups is 3. The number of aliphatic hydroxyl groups excluding tert-OH is 1. The molecule has 0 aromatic carbocycles. The third-order valence-corrected chi connectivity index (χ3v) is 23.9. The lowest BCUT2D eigenvalue weighted by molar-refractivity contribution is -0.230. The second-order valence-corrected chi connectivity index (χ2v) is 25.9. The van der Waals surface area contributed by atoms with Gasteiger partial charge < -0.3 is 33.3 Å². The smallest absolute Gasteiger partial charge is 0.450 e. The number of alkyl halides is 1. The fraction of sp³-hybridized carbons (Fsp3) is 0.857. The Morgan fingerprint density at radius 2 is 1.48 bits per heavy atom. The standard InChI is InChI=1S/C35H59BrO10Si2/c1-12-47(13-2,14-3)45-23-19-35-30(43-31(40)44-35)28-33(11,29(39)27(42-22(8)38)26(21(23)7)32(35,9)10)25(18-24(36)34(28,41)20-37)46-48(15-4,16-5)17-6/h23-25,27-28,30,37,41H,12-20H2,1-11H3/t23-,24-,25-,27+,28-,30-,33+,34-,35+/m0/s1. The number of esters is 1. The number of carbonyl (C=O) groups excluding carboxylic acids is 3. The van der Waals surface area contributed by atoms with Crippen molar-refractivity contribution in [3.8, 4) is 0 Å². The molecule has 1 aliphatic heterocycles. The summed E-state index contributed by atoms with van der Waals surface area (Å²) in [7, 11) is -4.66. The number of hydrogen-bond donors (Lipinski definition) is 2. The molecule has 9 atom stereocenters. The molecular formula is C35H59BrO10Si2. The number of fused-ring (bicyclic) bond motifs is 3. The Morgan fingerprint density at radius 3 is 1.96 bits per heavy atom. The van der Waals surface area contributed by atoms with Gasteiger partial charge in [-0.15, -0.1) is 0 Å². The highest BCUT2D eigenvalue weighted by atomic mass is 79.9. The maximum Gasteiger partial charge on any atom is 0.509 e. The number of rotatable bonds is 12. The van der Waals surface area contributed by atoms with E-state index < -0.39 is 98.3 Å². The number of aliphatic hydroxyl groups is 2. The van der Waals surface area contributed by atoms with Crippen LogP contribution in [0.3, 0.4) is 0 Å². The molecule has 1 heterocycles. The van der Waals surface area contributed by atoms with Crippen LogP contribution in [-0.2, 0) is 32.7 Å². The van der Waals surface area contributed by atoms with Crippen LogP contribution in [0.4, 0.5) is 4.79 Å². The molecule has 4 rings (SSSR count). The van der Waals surface area contributed by atoms with Crippen molar-refractivity contribution in [2.45, 2.75) is 166 Å². The predicted octanol–water partition coefficient (Wildman–Crippen LogP) is 6.82. The van der Waals surface area contributed by atoms with Gasteiger partial charge in [0.05, 0.1) is 24.2 Å². The van der Waals surface area contributed by atoms with Crippen LogP contribution < -0.4 is 0 Å². The number of hydrogen-bond acceptors (Lipinski definition) is 10. The first kappa shape index (κ1) is 39.7. The molecule has 0 aromatic rings. The van der Waals surface area contributed by atoms with Gasteiger partial charge in [0.15, 0.2) is 40.2 Å². The molecule has 0 aromatic heterocycles. The van der Waals surface area contributed by atoms with Crippen molar-refractivity contribution in [3.05, 3.63) is 11.1 Å². The van der Waals surface area contributed by atoms with Gasteiger partial charge in [0.2, 0.25) is 0 Å². The predicted molar refractivity (Wildman–Crippen MR) is 191 cm³/mol. The van der Waals surface area contributed by atoms with Crippen molar-refractivity contribution in [2.24, 2.45) is 16.7 Å². The summed E-state index contributed by atoms with van der Waals surface area (Å²) >= 11 is 3.71. The van der Waals surface area contributed by atoms with Crippen molar-refractivity contribution in [3.63, 3.8) is 0 Å². The van der Waals surface area contributed by atoms with Crippen LogP contribution in [-0.4, -0.2) is 91.8 Å². The summed E-state index contributed by atoms with van der Waals surface area (Å²) in [6, 6.07) is 5.05. The monoisotopic (exact) mass is 774 g/mol. The Bertz CT molecular complexity index is 1280. The van der Waals surface area contributed by atoms with Crippen LogP contribution >= 0.6 is 15.9 Å². The number of ether oxygens (including phenoxy) is 3. The normalized spacial score (nSPS) is 38.0. The average molecular weight is 776 g/mol. The van der Waals surface area contributed by atoms with Gasteiger partial charge in [0, 0.05) is 29.5 Å². The molecule has 13 heteroatoms. The molecular weight excluding hydrogens is 716 g/mol. The summed E-state index contributed by atoms with van der Waals surface area (Å²) in [5.74, 6) is -2.28. The lowest BCUT2D eigenvalue weighted by Gasteiger charge is -2.63. The van der Waals surface area contributed by atoms with Crippen molar-refractivity contribution in [1.82, 2.24) is 0 Å². The highest BCUT2D eigenvalue weighted by Crippen LogP contribution is 2.65. The fourth-order valence-electron chi connectivity index (χ4n) is 9.75. The molecule has 4 aliphatic rings. The van der Waals surface area contributed by atoms with E-state index in [0.717, 1.165) is 41.8 Å². The second-order valence-electron chi connectivity index (χ2n) is 15.4. The Hall–Kier alpha value is -1.10. The molecule has 0 amide bonds. The van der Waals surface area contributed by atoms with Gasteiger partial charge in [-0.05, 0) is 67.7 Å². The van der Waals surface area contributed by atoms with E-state index in [-0.39, 0.29) is 12.8 Å². The Morgan fingerprint density at radius 1 is 0.958 bits per heavy atom. The number of ketones is 1. The molecule has 3 aliphatic carbocycles. The van der Waals surface area contributed by atoms with Crippen molar-refractivity contribution in [2.75, 3.05) is 6.61 Å². The first-order valence-corrected chi connectivity index (χ1v) is 24.0. The van der Waals surface area contributed by atoms with E-state index in [2.05, 4.69) is 57.5 Å². The Balaban J connectivity index is 2.13. The summed E-state index contributed by atoms with van der Waals surface area (Å²) in [5.41, 5.74) is -4.76. The van der Waals surface area contributed by atoms with Gasteiger partial charge in [-0.1, -0.05) is 71.3 Å². The summed E-state index contributed by atoms with van der Waals surface area (Å²) in [6.45, 7) is 20.7. The topological polar surface area (TPSA) is 138 Å². The zero-order chi connectivity index (χ0) is 36.3. The molecule has 1 spiro atoms. The summed E-state index contributed by atoms with van der Waals surface area (Å²) in [5, 5.41) is 23.7. The lowest BCUT2D eigenvalue weighted by atomic mass is 9.46. The van der Waals surface area contributed by atoms with Gasteiger partial charge >= 0.3 is 12.1 Å². The molecule has 2 bridgehead atoms. The number of halogens is 1. The van der Waals surface area contributed by atoms with Gasteiger partial charge in [-0.2, -0.15) is 0 Å². The zero-order valence-corrected chi connectivity index (χ0v) is 34.5. The van der Waals surface area contributed by atoms with Crippen molar-refractivity contribution in [1.29, 1.82) is 0 Å². The van der Waals surface area contributed by atoms with Crippen molar-refractivity contribution < 1.29 is 47.7 Å². The average Bonchev–Trinajstić information content (AvgIpc) is 3.38. The van der Waals surface area contributed by atoms with Gasteiger partial charge in [0.25, 0.3) is 0 Å². The third-order valence-electron chi connectivity index (χ3n) is 13.4. The Labute approximate surface area is 297 Å². The minimum absolute atomic E-state index is 0.205. The van der Waals surface area contributed by atoms with E-state index in [1.54, 1.807) is 6.92 Å². The SMILES string of the molecule is CC[Si](CC)(CC)O[C@H]1C[C@@]23OC(=O)O[C@H]2[C@@H]2[C@](O)(CO)[C@@H](Br)C[C@H](O[Si](CC)(CC)CC)[C@@]2(C)C(=O)[C@H](OC(C)=O)C(=C1C)C3(C)C. The quantitative estimate of drug-likeness (QED) is 0.0941. The van der Waals surface area contributed by atoms with E-state index in [1.165, 1.54) is 6.92 Å². The molecule has 0 radical (unpaired) electrons. The maximum absolute atomic E-state index is 15.6.